The van der Waals surface area contributed by atoms with Gasteiger partial charge in [-0.05, 0) is 54.8 Å². The van der Waals surface area contributed by atoms with Crippen molar-refractivity contribution in [3.05, 3.63) is 27.5 Å². The lowest BCUT2D eigenvalue weighted by Crippen LogP contribution is -2.27. The van der Waals surface area contributed by atoms with Gasteiger partial charge in [-0.25, -0.2) is 4.39 Å². The van der Waals surface area contributed by atoms with Crippen LogP contribution in [0.15, 0.2) is 10.5 Å². The lowest BCUT2D eigenvalue weighted by molar-refractivity contribution is -0.146. The molecule has 5 heteroatoms. The molecule has 100 valence electrons. The van der Waals surface area contributed by atoms with Crippen molar-refractivity contribution in [3.8, 4) is 5.75 Å². The predicted octanol–water partition coefficient (Wildman–Crippen LogP) is 3.56. The van der Waals surface area contributed by atoms with Gasteiger partial charge in [0.25, 0.3) is 0 Å². The molecule has 0 atom stereocenters. The Morgan fingerprint density at radius 2 is 2.11 bits per heavy atom. The topological polar surface area (TPSA) is 46.5 Å². The van der Waals surface area contributed by atoms with Gasteiger partial charge in [-0.3, -0.25) is 4.79 Å². The van der Waals surface area contributed by atoms with Crippen LogP contribution in [0.1, 0.15) is 25.0 Å². The largest absolute Gasteiger partial charge is 0.496 e. The van der Waals surface area contributed by atoms with Crippen LogP contribution in [0.3, 0.4) is 0 Å². The number of hydrogen-bond acceptors (Lipinski definition) is 2. The molecule has 0 spiro atoms. The van der Waals surface area contributed by atoms with Crippen molar-refractivity contribution in [2.45, 2.75) is 27.2 Å². The highest BCUT2D eigenvalue weighted by Gasteiger charge is 2.31. The highest BCUT2D eigenvalue weighted by Crippen LogP contribution is 2.36. The van der Waals surface area contributed by atoms with E-state index in [4.69, 9.17) is 9.84 Å². The average Bonchev–Trinajstić information content (AvgIpc) is 2.25. The zero-order valence-corrected chi connectivity index (χ0v) is 12.4. The zero-order valence-electron chi connectivity index (χ0n) is 10.8. The lowest BCUT2D eigenvalue weighted by atomic mass is 9.85. The van der Waals surface area contributed by atoms with Crippen LogP contribution in [0.25, 0.3) is 0 Å². The number of methoxy groups -OCH3 is 1. The molecule has 0 aromatic heterocycles. The second-order valence-electron chi connectivity index (χ2n) is 4.87. The van der Waals surface area contributed by atoms with Gasteiger partial charge in [-0.2, -0.15) is 0 Å². The molecular weight excluding hydrogens is 303 g/mol. The molecule has 0 saturated carbocycles. The van der Waals surface area contributed by atoms with E-state index in [1.165, 1.54) is 7.11 Å². The first-order chi connectivity index (χ1) is 8.20. The molecule has 0 aliphatic heterocycles. The van der Waals surface area contributed by atoms with E-state index in [1.54, 1.807) is 26.8 Å². The molecule has 1 rings (SSSR count). The van der Waals surface area contributed by atoms with E-state index in [1.807, 2.05) is 0 Å². The van der Waals surface area contributed by atoms with Crippen molar-refractivity contribution in [1.82, 2.24) is 0 Å². The van der Waals surface area contributed by atoms with Crippen molar-refractivity contribution < 1.29 is 19.0 Å². The Morgan fingerprint density at radius 1 is 1.56 bits per heavy atom. The van der Waals surface area contributed by atoms with Gasteiger partial charge in [-0.1, -0.05) is 0 Å². The Kier molecular flexibility index (Phi) is 4.37. The van der Waals surface area contributed by atoms with Crippen molar-refractivity contribution in [2.24, 2.45) is 5.41 Å². The number of rotatable bonds is 4. The maximum Gasteiger partial charge on any atom is 0.309 e. The van der Waals surface area contributed by atoms with E-state index in [2.05, 4.69) is 15.9 Å². The monoisotopic (exact) mass is 318 g/mol. The van der Waals surface area contributed by atoms with E-state index in [-0.39, 0.29) is 12.0 Å². The third-order valence-electron chi connectivity index (χ3n) is 2.85. The fourth-order valence-electron chi connectivity index (χ4n) is 1.76. The maximum absolute atomic E-state index is 14.1. The van der Waals surface area contributed by atoms with Crippen molar-refractivity contribution in [1.29, 1.82) is 0 Å². The molecule has 18 heavy (non-hydrogen) atoms. The molecule has 0 fully saturated rings. The van der Waals surface area contributed by atoms with Gasteiger partial charge in [0.05, 0.1) is 17.0 Å². The molecule has 1 N–H and O–H groups in total. The Hall–Kier alpha value is -1.10. The standard InChI is InChI=1S/C13H16BrFO3/c1-7-5-9(14)10(15)8(11(7)18-4)6-13(2,3)12(16)17/h5H,6H2,1-4H3,(H,16,17). The predicted molar refractivity (Wildman–Crippen MR) is 70.5 cm³/mol. The quantitative estimate of drug-likeness (QED) is 0.923. The number of hydrogen-bond donors (Lipinski definition) is 1. The number of ether oxygens (including phenoxy) is 1. The van der Waals surface area contributed by atoms with Crippen LogP contribution in [0, 0.1) is 18.2 Å². The first-order valence-electron chi connectivity index (χ1n) is 5.45. The summed E-state index contributed by atoms with van der Waals surface area (Å²) in [5.74, 6) is -1.03. The molecule has 1 aromatic rings. The van der Waals surface area contributed by atoms with Gasteiger partial charge in [0.15, 0.2) is 0 Å². The summed E-state index contributed by atoms with van der Waals surface area (Å²) in [6, 6.07) is 1.62. The van der Waals surface area contributed by atoms with Gasteiger partial charge in [-0.15, -0.1) is 0 Å². The van der Waals surface area contributed by atoms with Crippen LogP contribution >= 0.6 is 15.9 Å². The molecule has 0 bridgehead atoms. The Labute approximate surface area is 114 Å². The Bertz CT molecular complexity index is 484. The smallest absolute Gasteiger partial charge is 0.309 e. The van der Waals surface area contributed by atoms with Gasteiger partial charge in [0, 0.05) is 5.56 Å². The van der Waals surface area contributed by atoms with Gasteiger partial charge in [0.1, 0.15) is 11.6 Å². The molecule has 0 aliphatic rings. The average molecular weight is 319 g/mol. The molecular formula is C13H16BrFO3. The number of carboxylic acids is 1. The first-order valence-corrected chi connectivity index (χ1v) is 6.25. The molecule has 0 aliphatic carbocycles. The first kappa shape index (κ1) is 15.0. The van der Waals surface area contributed by atoms with Crippen molar-refractivity contribution >= 4 is 21.9 Å². The number of aliphatic carboxylic acids is 1. The SMILES string of the molecule is COc1c(C)cc(Br)c(F)c1CC(C)(C)C(=O)O. The van der Waals surface area contributed by atoms with Crippen LogP contribution in [0.5, 0.6) is 5.75 Å². The summed E-state index contributed by atoms with van der Waals surface area (Å²) < 4.78 is 19.6. The number of carbonyl (C=O) groups is 1. The second-order valence-corrected chi connectivity index (χ2v) is 5.72. The zero-order chi connectivity index (χ0) is 14.1. The van der Waals surface area contributed by atoms with E-state index >= 15 is 0 Å². The molecule has 0 saturated heterocycles. The van der Waals surface area contributed by atoms with E-state index in [0.717, 1.165) is 5.56 Å². The van der Waals surface area contributed by atoms with E-state index in [9.17, 15) is 9.18 Å². The summed E-state index contributed by atoms with van der Waals surface area (Å²) in [4.78, 5) is 11.1. The fraction of sp³-hybridized carbons (Fsp3) is 0.462. The summed E-state index contributed by atoms with van der Waals surface area (Å²) in [5, 5.41) is 9.12. The van der Waals surface area contributed by atoms with Crippen LogP contribution in [0.2, 0.25) is 0 Å². The van der Waals surface area contributed by atoms with Crippen molar-refractivity contribution in [2.75, 3.05) is 7.11 Å². The number of aryl methyl sites for hydroxylation is 1. The van der Waals surface area contributed by atoms with Crippen molar-refractivity contribution in [3.63, 3.8) is 0 Å². The van der Waals surface area contributed by atoms with Crippen LogP contribution in [0.4, 0.5) is 4.39 Å². The van der Waals surface area contributed by atoms with Gasteiger partial charge < -0.3 is 9.84 Å². The Morgan fingerprint density at radius 3 is 2.56 bits per heavy atom. The third-order valence-corrected chi connectivity index (χ3v) is 3.43. The summed E-state index contributed by atoms with van der Waals surface area (Å²) in [6.07, 6.45) is 0.0671. The van der Waals surface area contributed by atoms with Crippen LogP contribution < -0.4 is 4.74 Å². The molecule has 1 aromatic carbocycles. The van der Waals surface area contributed by atoms with E-state index < -0.39 is 17.2 Å². The summed E-state index contributed by atoms with van der Waals surface area (Å²) in [7, 11) is 1.45. The maximum atomic E-state index is 14.1. The highest BCUT2D eigenvalue weighted by molar-refractivity contribution is 9.10. The molecule has 3 nitrogen and oxygen atoms in total. The lowest BCUT2D eigenvalue weighted by Gasteiger charge is -2.22. The summed E-state index contributed by atoms with van der Waals surface area (Å²) in [6.45, 7) is 4.91. The normalized spacial score (nSPS) is 11.4. The number of halogens is 2. The fourth-order valence-corrected chi connectivity index (χ4v) is 2.34. The van der Waals surface area contributed by atoms with Crippen LogP contribution in [-0.2, 0) is 11.2 Å². The minimum absolute atomic E-state index is 0.0671. The van der Waals surface area contributed by atoms with Gasteiger partial charge >= 0.3 is 5.97 Å². The molecule has 0 amide bonds. The molecule has 0 unspecified atom stereocenters. The molecule has 0 radical (unpaired) electrons. The minimum Gasteiger partial charge on any atom is -0.496 e. The minimum atomic E-state index is -1.05. The second kappa shape index (κ2) is 5.26. The molecule has 0 heterocycles. The third kappa shape index (κ3) is 2.83. The number of carboxylic acid groups (broad SMARTS) is 1. The summed E-state index contributed by atoms with van der Waals surface area (Å²) >= 11 is 3.13. The van der Waals surface area contributed by atoms with E-state index in [0.29, 0.717) is 10.2 Å². The highest BCUT2D eigenvalue weighted by atomic mass is 79.9. The summed E-state index contributed by atoms with van der Waals surface area (Å²) in [5.41, 5.74) is 0.000175. The Balaban J connectivity index is 3.35. The van der Waals surface area contributed by atoms with Crippen LogP contribution in [-0.4, -0.2) is 18.2 Å². The van der Waals surface area contributed by atoms with Gasteiger partial charge in [0.2, 0.25) is 0 Å². The number of benzene rings is 1.